The first kappa shape index (κ1) is 22.8. The maximum absolute atomic E-state index is 12.3. The van der Waals surface area contributed by atoms with Gasteiger partial charge in [-0.15, -0.1) is 0 Å². The molecule has 6 nitrogen and oxygen atoms in total. The van der Waals surface area contributed by atoms with Crippen molar-refractivity contribution in [3.63, 3.8) is 0 Å². The van der Waals surface area contributed by atoms with Crippen LogP contribution in [0.2, 0.25) is 0 Å². The molecule has 0 atom stereocenters. The Morgan fingerprint density at radius 3 is 2.66 bits per heavy atom. The number of aryl methyl sites for hydroxylation is 1. The smallest absolute Gasteiger partial charge is 0.261 e. The molecule has 0 fully saturated rings. The number of amides is 1. The van der Waals surface area contributed by atoms with Gasteiger partial charge < -0.3 is 10.1 Å². The van der Waals surface area contributed by atoms with Gasteiger partial charge >= 0.3 is 0 Å². The van der Waals surface area contributed by atoms with Gasteiger partial charge in [0.15, 0.2) is 0 Å². The minimum atomic E-state index is -0.398. The van der Waals surface area contributed by atoms with Crippen molar-refractivity contribution in [3.05, 3.63) is 71.4 Å². The van der Waals surface area contributed by atoms with E-state index in [1.54, 1.807) is 10.8 Å². The molecule has 0 saturated heterocycles. The molecule has 0 saturated carbocycles. The lowest BCUT2D eigenvalue weighted by atomic mass is 10.0. The predicted molar refractivity (Wildman–Crippen MR) is 126 cm³/mol. The number of nitrogens with zero attached hydrogens (tertiary/aromatic N) is 3. The highest BCUT2D eigenvalue weighted by molar-refractivity contribution is 6.02. The highest BCUT2D eigenvalue weighted by atomic mass is 16.5. The molecule has 0 bridgehead atoms. The van der Waals surface area contributed by atoms with E-state index in [9.17, 15) is 10.1 Å². The number of rotatable bonds is 9. The van der Waals surface area contributed by atoms with Crippen LogP contribution in [0.4, 0.5) is 0 Å². The molecular weight excluding hydrogens is 400 g/mol. The number of aromatic nitrogens is 2. The van der Waals surface area contributed by atoms with E-state index in [2.05, 4.69) is 12.2 Å². The van der Waals surface area contributed by atoms with Crippen molar-refractivity contribution in [2.45, 2.75) is 33.6 Å². The average Bonchev–Trinajstić information content (AvgIpc) is 3.22. The fourth-order valence-corrected chi connectivity index (χ4v) is 3.30. The molecule has 3 rings (SSSR count). The van der Waals surface area contributed by atoms with Crippen LogP contribution < -0.4 is 10.1 Å². The van der Waals surface area contributed by atoms with Crippen LogP contribution in [0.3, 0.4) is 0 Å². The van der Waals surface area contributed by atoms with Crippen molar-refractivity contribution in [1.29, 1.82) is 5.26 Å². The maximum Gasteiger partial charge on any atom is 0.261 e. The van der Waals surface area contributed by atoms with Crippen molar-refractivity contribution in [2.24, 2.45) is 0 Å². The molecule has 0 aliphatic heterocycles. The van der Waals surface area contributed by atoms with Gasteiger partial charge in [-0.05, 0) is 62.2 Å². The highest BCUT2D eigenvalue weighted by Gasteiger charge is 2.16. The average molecular weight is 429 g/mol. The quantitative estimate of drug-likeness (QED) is 0.293. The maximum atomic E-state index is 12.3. The van der Waals surface area contributed by atoms with E-state index in [1.165, 1.54) is 0 Å². The number of unbranched alkanes of at least 4 members (excludes halogenated alkanes) is 1. The zero-order valence-corrected chi connectivity index (χ0v) is 18.8. The molecule has 1 N–H and O–H groups in total. The summed E-state index contributed by atoms with van der Waals surface area (Å²) in [7, 11) is 0. The first-order chi connectivity index (χ1) is 15.6. The van der Waals surface area contributed by atoms with Gasteiger partial charge in [0.25, 0.3) is 5.91 Å². The van der Waals surface area contributed by atoms with Crippen LogP contribution in [-0.4, -0.2) is 28.8 Å². The molecule has 6 heteroatoms. The molecule has 1 aromatic heterocycles. The summed E-state index contributed by atoms with van der Waals surface area (Å²) in [6.45, 7) is 7.09. The minimum absolute atomic E-state index is 0.0397. The molecule has 0 aliphatic rings. The predicted octanol–water partition coefficient (Wildman–Crippen LogP) is 5.07. The molecule has 32 heavy (non-hydrogen) atoms. The summed E-state index contributed by atoms with van der Waals surface area (Å²) >= 11 is 0. The second-order valence-electron chi connectivity index (χ2n) is 7.42. The third-order valence-electron chi connectivity index (χ3n) is 4.99. The lowest BCUT2D eigenvalue weighted by molar-refractivity contribution is -0.116. The number of benzene rings is 2. The summed E-state index contributed by atoms with van der Waals surface area (Å²) in [5.41, 5.74) is 4.24. The van der Waals surface area contributed by atoms with Crippen LogP contribution >= 0.6 is 0 Å². The van der Waals surface area contributed by atoms with Crippen LogP contribution in [0.5, 0.6) is 5.75 Å². The number of likely N-dealkylation sites (N-methyl/N-ethyl adjacent to an activating group) is 1. The van der Waals surface area contributed by atoms with E-state index in [0.717, 1.165) is 35.4 Å². The van der Waals surface area contributed by atoms with E-state index >= 15 is 0 Å². The Balaban J connectivity index is 2.07. The second kappa shape index (κ2) is 11.0. The first-order valence-electron chi connectivity index (χ1n) is 10.9. The van der Waals surface area contributed by atoms with Crippen LogP contribution in [0.25, 0.3) is 23.0 Å². The van der Waals surface area contributed by atoms with Gasteiger partial charge in [0.1, 0.15) is 23.1 Å². The van der Waals surface area contributed by atoms with Crippen molar-refractivity contribution in [2.75, 3.05) is 13.2 Å². The largest absolute Gasteiger partial charge is 0.494 e. The van der Waals surface area contributed by atoms with Crippen LogP contribution in [0.1, 0.15) is 37.8 Å². The summed E-state index contributed by atoms with van der Waals surface area (Å²) in [5, 5.41) is 17.0. The lowest BCUT2D eigenvalue weighted by Gasteiger charge is -2.09. The molecular formula is C26H28N4O2. The Labute approximate surface area is 189 Å². The summed E-state index contributed by atoms with van der Waals surface area (Å²) in [6.07, 6.45) is 5.52. The van der Waals surface area contributed by atoms with E-state index in [1.807, 2.05) is 74.6 Å². The summed E-state index contributed by atoms with van der Waals surface area (Å²) < 4.78 is 7.59. The van der Waals surface area contributed by atoms with E-state index in [0.29, 0.717) is 24.4 Å². The van der Waals surface area contributed by atoms with E-state index < -0.39 is 5.91 Å². The van der Waals surface area contributed by atoms with Gasteiger partial charge in [-0.2, -0.15) is 10.4 Å². The standard InChI is InChI=1S/C26H28N4O2/c1-4-6-14-32-23-12-13-24(19(3)15-23)25-21(16-20(17-27)26(31)28-5-2)18-30(29-25)22-10-8-7-9-11-22/h7-13,15-16,18H,4-6,14H2,1-3H3,(H,28,31)/b20-16-. The fourth-order valence-electron chi connectivity index (χ4n) is 3.30. The SMILES string of the molecule is CCCCOc1ccc(-c2nn(-c3ccccc3)cc2/C=C(/C#N)C(=O)NCC)c(C)c1. The lowest BCUT2D eigenvalue weighted by Crippen LogP contribution is -2.23. The normalized spacial score (nSPS) is 11.1. The van der Waals surface area contributed by atoms with Gasteiger partial charge in [0.2, 0.25) is 0 Å². The Morgan fingerprint density at radius 2 is 2.00 bits per heavy atom. The Morgan fingerprint density at radius 1 is 1.22 bits per heavy atom. The number of ether oxygens (including phenoxy) is 1. The molecule has 1 heterocycles. The number of para-hydroxylation sites is 1. The molecule has 1 amide bonds. The van der Waals surface area contributed by atoms with Gasteiger partial charge in [-0.3, -0.25) is 4.79 Å². The number of hydrogen-bond donors (Lipinski definition) is 1. The number of carbonyl (C=O) groups excluding carboxylic acids is 1. The zero-order chi connectivity index (χ0) is 22.9. The number of carbonyl (C=O) groups is 1. The third-order valence-corrected chi connectivity index (χ3v) is 4.99. The molecule has 2 aromatic carbocycles. The van der Waals surface area contributed by atoms with Gasteiger partial charge in [-0.1, -0.05) is 31.5 Å². The molecule has 0 radical (unpaired) electrons. The second-order valence-corrected chi connectivity index (χ2v) is 7.42. The Kier molecular flexibility index (Phi) is 7.82. The summed E-state index contributed by atoms with van der Waals surface area (Å²) in [5.74, 6) is 0.420. The Hall–Kier alpha value is -3.85. The molecule has 0 spiro atoms. The summed E-state index contributed by atoms with van der Waals surface area (Å²) in [6, 6.07) is 17.6. The third kappa shape index (κ3) is 5.44. The molecule has 3 aromatic rings. The van der Waals surface area contributed by atoms with Gasteiger partial charge in [0.05, 0.1) is 12.3 Å². The van der Waals surface area contributed by atoms with Crippen LogP contribution in [-0.2, 0) is 4.79 Å². The highest BCUT2D eigenvalue weighted by Crippen LogP contribution is 2.30. The van der Waals surface area contributed by atoms with E-state index in [4.69, 9.17) is 9.84 Å². The number of nitriles is 1. The monoisotopic (exact) mass is 428 g/mol. The van der Waals surface area contributed by atoms with Crippen molar-refractivity contribution in [1.82, 2.24) is 15.1 Å². The molecule has 0 unspecified atom stereocenters. The topological polar surface area (TPSA) is 79.9 Å². The summed E-state index contributed by atoms with van der Waals surface area (Å²) in [4.78, 5) is 12.3. The molecule has 164 valence electrons. The zero-order valence-electron chi connectivity index (χ0n) is 18.8. The number of nitrogens with one attached hydrogen (secondary N) is 1. The minimum Gasteiger partial charge on any atom is -0.494 e. The molecule has 0 aliphatic carbocycles. The first-order valence-corrected chi connectivity index (χ1v) is 10.9. The van der Waals surface area contributed by atoms with Crippen molar-refractivity contribution < 1.29 is 9.53 Å². The van der Waals surface area contributed by atoms with Crippen molar-refractivity contribution >= 4 is 12.0 Å². The van der Waals surface area contributed by atoms with Crippen LogP contribution in [0, 0.1) is 18.3 Å². The van der Waals surface area contributed by atoms with Crippen LogP contribution in [0.15, 0.2) is 60.3 Å². The fraction of sp³-hybridized carbons (Fsp3) is 0.269. The van der Waals surface area contributed by atoms with Gasteiger partial charge in [0, 0.05) is 23.9 Å². The number of hydrogen-bond acceptors (Lipinski definition) is 4. The van der Waals surface area contributed by atoms with E-state index in [-0.39, 0.29) is 5.57 Å². The van der Waals surface area contributed by atoms with Gasteiger partial charge in [-0.25, -0.2) is 4.68 Å². The Bertz CT molecular complexity index is 1140. The van der Waals surface area contributed by atoms with Crippen molar-refractivity contribution in [3.8, 4) is 28.8 Å².